The van der Waals surface area contributed by atoms with Crippen molar-refractivity contribution in [2.45, 2.75) is 26.2 Å². The van der Waals surface area contributed by atoms with Crippen molar-refractivity contribution in [1.29, 1.82) is 0 Å². The maximum Gasteiger partial charge on any atom is 0.255 e. The molecule has 0 aromatic heterocycles. The maximum atomic E-state index is 12.0. The van der Waals surface area contributed by atoms with E-state index in [-0.39, 0.29) is 12.5 Å². The number of carbonyl (C=O) groups excluding carboxylic acids is 2. The first-order valence-corrected chi connectivity index (χ1v) is 9.47. The Hall–Kier alpha value is -3.55. The van der Waals surface area contributed by atoms with Crippen LogP contribution in [0.15, 0.2) is 41.5 Å². The molecule has 2 aromatic rings. The molecule has 0 unspecified atom stereocenters. The van der Waals surface area contributed by atoms with Gasteiger partial charge in [-0.15, -0.1) is 0 Å². The fourth-order valence-corrected chi connectivity index (χ4v) is 2.78. The maximum absolute atomic E-state index is 12.0. The van der Waals surface area contributed by atoms with E-state index in [2.05, 4.69) is 10.5 Å². The molecule has 0 radical (unpaired) electrons. The lowest BCUT2D eigenvalue weighted by molar-refractivity contribution is -0.121. The number of amides is 2. The van der Waals surface area contributed by atoms with E-state index in [0.29, 0.717) is 29.9 Å². The summed E-state index contributed by atoms with van der Waals surface area (Å²) in [4.78, 5) is 22.8. The number of ether oxygens (including phenoxy) is 3. The van der Waals surface area contributed by atoms with Crippen LogP contribution in [0.5, 0.6) is 17.2 Å². The van der Waals surface area contributed by atoms with E-state index in [0.717, 1.165) is 17.7 Å². The second-order valence-corrected chi connectivity index (χ2v) is 6.60. The lowest BCUT2D eigenvalue weighted by Crippen LogP contribution is -2.20. The van der Waals surface area contributed by atoms with E-state index >= 15 is 0 Å². The Kier molecular flexibility index (Phi) is 8.68. The number of hydrazone groups is 1. The van der Waals surface area contributed by atoms with E-state index in [1.807, 2.05) is 25.1 Å². The fourth-order valence-electron chi connectivity index (χ4n) is 2.78. The van der Waals surface area contributed by atoms with Gasteiger partial charge in [-0.3, -0.25) is 9.59 Å². The van der Waals surface area contributed by atoms with Gasteiger partial charge >= 0.3 is 0 Å². The van der Waals surface area contributed by atoms with E-state index in [1.165, 1.54) is 18.9 Å². The quantitative estimate of drug-likeness (QED) is 0.434. The summed E-state index contributed by atoms with van der Waals surface area (Å²) in [5.74, 6) is 0.915. The molecule has 8 heteroatoms. The van der Waals surface area contributed by atoms with Crippen molar-refractivity contribution in [3.8, 4) is 17.2 Å². The molecule has 0 spiro atoms. The number of nitrogens with zero attached hydrogens (tertiary/aromatic N) is 1. The Morgan fingerprint density at radius 1 is 1.10 bits per heavy atom. The normalized spacial score (nSPS) is 10.6. The molecule has 0 aliphatic heterocycles. The van der Waals surface area contributed by atoms with E-state index in [4.69, 9.17) is 19.9 Å². The molecule has 2 amide bonds. The lowest BCUT2D eigenvalue weighted by atomic mass is 10.0. The molecule has 30 heavy (non-hydrogen) atoms. The number of benzene rings is 2. The molecule has 0 aliphatic carbocycles. The van der Waals surface area contributed by atoms with Gasteiger partial charge in [-0.1, -0.05) is 6.07 Å². The highest BCUT2D eigenvalue weighted by atomic mass is 16.5. The zero-order valence-electron chi connectivity index (χ0n) is 17.4. The van der Waals surface area contributed by atoms with Crippen LogP contribution in [0.2, 0.25) is 0 Å². The van der Waals surface area contributed by atoms with E-state index in [9.17, 15) is 9.59 Å². The number of aryl methyl sites for hydroxylation is 2. The van der Waals surface area contributed by atoms with Crippen molar-refractivity contribution < 1.29 is 23.8 Å². The number of methoxy groups -OCH3 is 2. The zero-order valence-corrected chi connectivity index (χ0v) is 17.4. The Morgan fingerprint density at radius 2 is 1.90 bits per heavy atom. The van der Waals surface area contributed by atoms with Crippen LogP contribution in [0.25, 0.3) is 0 Å². The van der Waals surface area contributed by atoms with Crippen molar-refractivity contribution in [1.82, 2.24) is 5.43 Å². The van der Waals surface area contributed by atoms with Gasteiger partial charge in [0.1, 0.15) is 5.75 Å². The minimum atomic E-state index is -0.576. The minimum Gasteiger partial charge on any atom is -0.497 e. The van der Waals surface area contributed by atoms with Crippen LogP contribution < -0.4 is 25.4 Å². The van der Waals surface area contributed by atoms with E-state index in [1.54, 1.807) is 25.3 Å². The van der Waals surface area contributed by atoms with Gasteiger partial charge in [0.25, 0.3) is 5.91 Å². The molecule has 0 saturated carbocycles. The monoisotopic (exact) mass is 413 g/mol. The Bertz CT molecular complexity index is 912. The molecular formula is C22H27N3O5. The average molecular weight is 413 g/mol. The predicted octanol–water partition coefficient (Wildman–Crippen LogP) is 2.35. The summed E-state index contributed by atoms with van der Waals surface area (Å²) >= 11 is 0. The first kappa shape index (κ1) is 22.7. The zero-order chi connectivity index (χ0) is 21.9. The molecule has 0 bridgehead atoms. The SMILES string of the molecule is COc1ccc(CCCC(=O)N/N=C\c2ccc(OCC(N)=O)c(OC)c2)c(C)c1. The fraction of sp³-hybridized carbons (Fsp3) is 0.318. The van der Waals surface area contributed by atoms with Crippen LogP contribution in [0, 0.1) is 6.92 Å². The summed E-state index contributed by atoms with van der Waals surface area (Å²) < 4.78 is 15.7. The van der Waals surface area contributed by atoms with Gasteiger partial charge in [0, 0.05) is 6.42 Å². The third-order valence-corrected chi connectivity index (χ3v) is 4.36. The molecule has 2 aromatic carbocycles. The molecule has 160 valence electrons. The van der Waals surface area contributed by atoms with Crippen molar-refractivity contribution in [3.05, 3.63) is 53.1 Å². The second-order valence-electron chi connectivity index (χ2n) is 6.60. The molecule has 0 atom stereocenters. The van der Waals surface area contributed by atoms with Gasteiger partial charge in [-0.25, -0.2) is 5.43 Å². The second kappa shape index (κ2) is 11.5. The number of nitrogens with one attached hydrogen (secondary N) is 1. The molecule has 3 N–H and O–H groups in total. The van der Waals surface area contributed by atoms with Crippen LogP contribution in [-0.4, -0.2) is 38.9 Å². The average Bonchev–Trinajstić information content (AvgIpc) is 2.73. The molecule has 0 fully saturated rings. The summed E-state index contributed by atoms with van der Waals surface area (Å²) in [5.41, 5.74) is 10.6. The third-order valence-electron chi connectivity index (χ3n) is 4.36. The summed E-state index contributed by atoms with van der Waals surface area (Å²) in [7, 11) is 3.13. The van der Waals surface area contributed by atoms with Gasteiger partial charge in [0.05, 0.1) is 20.4 Å². The smallest absolute Gasteiger partial charge is 0.255 e. The highest BCUT2D eigenvalue weighted by molar-refractivity contribution is 5.83. The molecule has 0 heterocycles. The first-order chi connectivity index (χ1) is 14.4. The first-order valence-electron chi connectivity index (χ1n) is 9.47. The number of hydrogen-bond acceptors (Lipinski definition) is 6. The van der Waals surface area contributed by atoms with Crippen molar-refractivity contribution in [2.24, 2.45) is 10.8 Å². The van der Waals surface area contributed by atoms with Crippen molar-refractivity contribution in [3.63, 3.8) is 0 Å². The Morgan fingerprint density at radius 3 is 2.57 bits per heavy atom. The molecule has 0 saturated heterocycles. The van der Waals surface area contributed by atoms with Crippen molar-refractivity contribution >= 4 is 18.0 Å². The third kappa shape index (κ3) is 7.12. The number of hydrogen-bond donors (Lipinski definition) is 2. The highest BCUT2D eigenvalue weighted by Gasteiger charge is 2.07. The van der Waals surface area contributed by atoms with Crippen LogP contribution in [0.1, 0.15) is 29.5 Å². The number of nitrogens with two attached hydrogens (primary N) is 1. The summed E-state index contributed by atoms with van der Waals surface area (Å²) in [6.07, 6.45) is 3.39. The molecule has 2 rings (SSSR count). The summed E-state index contributed by atoms with van der Waals surface area (Å²) in [6, 6.07) is 11.0. The summed E-state index contributed by atoms with van der Waals surface area (Å²) in [6.45, 7) is 1.79. The molecule has 0 aliphatic rings. The minimum absolute atomic E-state index is 0.161. The lowest BCUT2D eigenvalue weighted by Gasteiger charge is -2.09. The number of rotatable bonds is 11. The number of carbonyl (C=O) groups is 2. The number of primary amides is 1. The largest absolute Gasteiger partial charge is 0.497 e. The molecular weight excluding hydrogens is 386 g/mol. The van der Waals surface area contributed by atoms with Crippen LogP contribution in [-0.2, 0) is 16.0 Å². The Labute approximate surface area is 176 Å². The predicted molar refractivity (Wildman–Crippen MR) is 114 cm³/mol. The highest BCUT2D eigenvalue weighted by Crippen LogP contribution is 2.27. The van der Waals surface area contributed by atoms with Crippen LogP contribution in [0.3, 0.4) is 0 Å². The van der Waals surface area contributed by atoms with Crippen LogP contribution >= 0.6 is 0 Å². The standard InChI is InChI=1S/C22H27N3O5/c1-15-11-18(28-2)9-8-17(15)5-4-6-22(27)25-24-13-16-7-10-19(20(12-16)29-3)30-14-21(23)26/h7-13H,4-6,14H2,1-3H3,(H2,23,26)(H,25,27)/b24-13-. The van der Waals surface area contributed by atoms with Gasteiger partial charge in [-0.05, 0) is 66.8 Å². The Balaban J connectivity index is 1.81. The summed E-state index contributed by atoms with van der Waals surface area (Å²) in [5, 5.41) is 3.98. The topological polar surface area (TPSA) is 112 Å². The molecule has 8 nitrogen and oxygen atoms in total. The van der Waals surface area contributed by atoms with Gasteiger partial charge in [0.2, 0.25) is 5.91 Å². The van der Waals surface area contributed by atoms with Gasteiger partial charge < -0.3 is 19.9 Å². The van der Waals surface area contributed by atoms with E-state index < -0.39 is 5.91 Å². The van der Waals surface area contributed by atoms with Crippen LogP contribution in [0.4, 0.5) is 0 Å². The van der Waals surface area contributed by atoms with Crippen molar-refractivity contribution in [2.75, 3.05) is 20.8 Å². The van der Waals surface area contributed by atoms with Gasteiger partial charge in [0.15, 0.2) is 18.1 Å². The van der Waals surface area contributed by atoms with Gasteiger partial charge in [-0.2, -0.15) is 5.10 Å².